The summed E-state index contributed by atoms with van der Waals surface area (Å²) < 4.78 is 10.5. The Kier molecular flexibility index (Phi) is 7.76. The summed E-state index contributed by atoms with van der Waals surface area (Å²) in [6.45, 7) is 1.95. The van der Waals surface area contributed by atoms with Crippen LogP contribution in [0.25, 0.3) is 0 Å². The fourth-order valence-corrected chi connectivity index (χ4v) is 3.37. The summed E-state index contributed by atoms with van der Waals surface area (Å²) in [5.41, 5.74) is 0.909. The molecule has 1 aliphatic heterocycles. The third kappa shape index (κ3) is 6.05. The van der Waals surface area contributed by atoms with Crippen molar-refractivity contribution in [2.45, 2.75) is 32.2 Å². The number of ether oxygens (including phenoxy) is 2. The van der Waals surface area contributed by atoms with Gasteiger partial charge in [-0.05, 0) is 37.3 Å². The maximum Gasteiger partial charge on any atom is 0.319 e. The lowest BCUT2D eigenvalue weighted by Crippen LogP contribution is -2.45. The zero-order valence-electron chi connectivity index (χ0n) is 16.8. The molecule has 150 valence electrons. The van der Waals surface area contributed by atoms with E-state index in [0.717, 1.165) is 43.7 Å². The van der Waals surface area contributed by atoms with Crippen LogP contribution in [0.3, 0.4) is 0 Å². The quantitative estimate of drug-likeness (QED) is 0.793. The van der Waals surface area contributed by atoms with Crippen LogP contribution in [0.1, 0.15) is 31.2 Å². The first-order chi connectivity index (χ1) is 12.9. The highest BCUT2D eigenvalue weighted by molar-refractivity contribution is 5.76. The predicted molar refractivity (Wildman–Crippen MR) is 104 cm³/mol. The van der Waals surface area contributed by atoms with Gasteiger partial charge in [-0.1, -0.05) is 0 Å². The van der Waals surface area contributed by atoms with E-state index in [1.807, 2.05) is 17.0 Å². The van der Waals surface area contributed by atoms with Crippen molar-refractivity contribution in [2.24, 2.45) is 5.92 Å². The summed E-state index contributed by atoms with van der Waals surface area (Å²) in [5, 5.41) is 2.95. The van der Waals surface area contributed by atoms with Gasteiger partial charge in [0.1, 0.15) is 11.5 Å². The number of nitrogens with one attached hydrogen (secondary N) is 1. The normalized spacial score (nSPS) is 16.6. The number of rotatable bonds is 7. The molecule has 1 aromatic rings. The monoisotopic (exact) mass is 377 g/mol. The fraction of sp³-hybridized carbons (Fsp3) is 0.600. The number of amides is 3. The largest absolute Gasteiger partial charge is 0.497 e. The first-order valence-electron chi connectivity index (χ1n) is 9.38. The molecule has 2 rings (SSSR count). The molecule has 7 heteroatoms. The van der Waals surface area contributed by atoms with Crippen LogP contribution < -0.4 is 14.8 Å². The van der Waals surface area contributed by atoms with Crippen LogP contribution in [0.15, 0.2) is 18.2 Å². The maximum atomic E-state index is 12.2. The van der Waals surface area contributed by atoms with Crippen molar-refractivity contribution in [1.82, 2.24) is 15.1 Å². The van der Waals surface area contributed by atoms with Crippen LogP contribution >= 0.6 is 0 Å². The van der Waals surface area contributed by atoms with Crippen molar-refractivity contribution in [2.75, 3.05) is 41.4 Å². The number of nitrogens with zero attached hydrogens (tertiary/aromatic N) is 2. The summed E-state index contributed by atoms with van der Waals surface area (Å²) in [6, 6.07) is 5.60. The Morgan fingerprint density at radius 3 is 2.70 bits per heavy atom. The molecule has 7 nitrogen and oxygen atoms in total. The number of methoxy groups -OCH3 is 2. The maximum absolute atomic E-state index is 12.2. The Morgan fingerprint density at radius 2 is 2.04 bits per heavy atom. The molecular weight excluding hydrogens is 346 g/mol. The smallest absolute Gasteiger partial charge is 0.319 e. The predicted octanol–water partition coefficient (Wildman–Crippen LogP) is 2.49. The van der Waals surface area contributed by atoms with E-state index in [1.165, 1.54) is 0 Å². The van der Waals surface area contributed by atoms with Crippen LogP contribution in [0.5, 0.6) is 11.5 Å². The molecule has 0 radical (unpaired) electrons. The van der Waals surface area contributed by atoms with Gasteiger partial charge in [-0.25, -0.2) is 4.79 Å². The SMILES string of the molecule is COc1ccc(CNC(=O)CCC2CCCN(C(=O)N(C)C)C2)c(OC)c1. The zero-order chi connectivity index (χ0) is 19.8. The van der Waals surface area contributed by atoms with Gasteiger partial charge >= 0.3 is 6.03 Å². The van der Waals surface area contributed by atoms with E-state index in [0.29, 0.717) is 24.6 Å². The van der Waals surface area contributed by atoms with Crippen LogP contribution in [-0.4, -0.2) is 63.1 Å². The van der Waals surface area contributed by atoms with Crippen molar-refractivity contribution < 1.29 is 19.1 Å². The van der Waals surface area contributed by atoms with E-state index in [-0.39, 0.29) is 11.9 Å². The zero-order valence-corrected chi connectivity index (χ0v) is 16.8. The van der Waals surface area contributed by atoms with E-state index in [9.17, 15) is 9.59 Å². The number of likely N-dealkylation sites (tertiary alicyclic amines) is 1. The topological polar surface area (TPSA) is 71.1 Å². The Hall–Kier alpha value is -2.44. The third-order valence-corrected chi connectivity index (χ3v) is 4.92. The van der Waals surface area contributed by atoms with E-state index in [2.05, 4.69) is 5.32 Å². The third-order valence-electron chi connectivity index (χ3n) is 4.92. The van der Waals surface area contributed by atoms with Gasteiger partial charge < -0.3 is 24.6 Å². The molecular formula is C20H31N3O4. The molecule has 1 saturated heterocycles. The lowest BCUT2D eigenvalue weighted by atomic mass is 9.93. The summed E-state index contributed by atoms with van der Waals surface area (Å²) in [5.74, 6) is 1.81. The highest BCUT2D eigenvalue weighted by Crippen LogP contribution is 2.25. The molecule has 1 unspecified atom stereocenters. The number of hydrogen-bond donors (Lipinski definition) is 1. The van der Waals surface area contributed by atoms with Gasteiger partial charge in [-0.3, -0.25) is 4.79 Å². The van der Waals surface area contributed by atoms with Gasteiger partial charge in [0, 0.05) is 51.8 Å². The van der Waals surface area contributed by atoms with E-state index in [4.69, 9.17) is 9.47 Å². The minimum Gasteiger partial charge on any atom is -0.497 e. The summed E-state index contributed by atoms with van der Waals surface area (Å²) in [7, 11) is 6.75. The van der Waals surface area contributed by atoms with Crippen molar-refractivity contribution in [1.29, 1.82) is 0 Å². The van der Waals surface area contributed by atoms with Crippen molar-refractivity contribution in [3.05, 3.63) is 23.8 Å². The molecule has 1 aromatic carbocycles. The Labute approximate surface area is 161 Å². The molecule has 1 atom stereocenters. The van der Waals surface area contributed by atoms with Crippen LogP contribution in [0.4, 0.5) is 4.79 Å². The van der Waals surface area contributed by atoms with Crippen molar-refractivity contribution >= 4 is 11.9 Å². The van der Waals surface area contributed by atoms with Gasteiger partial charge in [-0.15, -0.1) is 0 Å². The van der Waals surface area contributed by atoms with E-state index >= 15 is 0 Å². The number of urea groups is 1. The molecule has 1 aliphatic rings. The first-order valence-corrected chi connectivity index (χ1v) is 9.38. The molecule has 0 aliphatic carbocycles. The van der Waals surface area contributed by atoms with Crippen LogP contribution in [-0.2, 0) is 11.3 Å². The second-order valence-corrected chi connectivity index (χ2v) is 7.12. The molecule has 3 amide bonds. The van der Waals surface area contributed by atoms with E-state index < -0.39 is 0 Å². The summed E-state index contributed by atoms with van der Waals surface area (Å²) in [6.07, 6.45) is 3.32. The Balaban J connectivity index is 1.79. The lowest BCUT2D eigenvalue weighted by molar-refractivity contribution is -0.121. The molecule has 0 saturated carbocycles. The Morgan fingerprint density at radius 1 is 1.26 bits per heavy atom. The average Bonchev–Trinajstić information content (AvgIpc) is 2.70. The summed E-state index contributed by atoms with van der Waals surface area (Å²) >= 11 is 0. The van der Waals surface area contributed by atoms with Crippen molar-refractivity contribution in [3.8, 4) is 11.5 Å². The molecule has 1 fully saturated rings. The highest BCUT2D eigenvalue weighted by Gasteiger charge is 2.24. The number of piperidine rings is 1. The van der Waals surface area contributed by atoms with Gasteiger partial charge in [0.05, 0.1) is 14.2 Å². The number of carbonyl (C=O) groups excluding carboxylic acids is 2. The van der Waals surface area contributed by atoms with Crippen LogP contribution in [0.2, 0.25) is 0 Å². The molecule has 0 aromatic heterocycles. The van der Waals surface area contributed by atoms with Gasteiger partial charge in [-0.2, -0.15) is 0 Å². The Bertz CT molecular complexity index is 648. The standard InChI is InChI=1S/C20H31N3O4/c1-22(2)20(25)23-11-5-6-15(14-23)7-10-19(24)21-13-16-8-9-17(26-3)12-18(16)27-4/h8-9,12,15H,5-7,10-11,13-14H2,1-4H3,(H,21,24). The molecule has 1 heterocycles. The molecule has 27 heavy (non-hydrogen) atoms. The van der Waals surface area contributed by atoms with Gasteiger partial charge in [0.15, 0.2) is 0 Å². The van der Waals surface area contributed by atoms with Crippen LogP contribution in [0, 0.1) is 5.92 Å². The average molecular weight is 377 g/mol. The minimum absolute atomic E-state index is 0.0175. The number of benzene rings is 1. The van der Waals surface area contributed by atoms with Gasteiger partial charge in [0.2, 0.25) is 5.91 Å². The number of hydrogen-bond acceptors (Lipinski definition) is 4. The molecule has 0 bridgehead atoms. The molecule has 0 spiro atoms. The van der Waals surface area contributed by atoms with Crippen molar-refractivity contribution in [3.63, 3.8) is 0 Å². The fourth-order valence-electron chi connectivity index (χ4n) is 3.37. The minimum atomic E-state index is 0.0175. The number of carbonyl (C=O) groups is 2. The highest BCUT2D eigenvalue weighted by atomic mass is 16.5. The lowest BCUT2D eigenvalue weighted by Gasteiger charge is -2.34. The first kappa shape index (κ1) is 20.9. The second kappa shape index (κ2) is 10.0. The van der Waals surface area contributed by atoms with E-state index in [1.54, 1.807) is 39.3 Å². The van der Waals surface area contributed by atoms with Gasteiger partial charge in [0.25, 0.3) is 0 Å². The summed E-state index contributed by atoms with van der Waals surface area (Å²) in [4.78, 5) is 27.8. The second-order valence-electron chi connectivity index (χ2n) is 7.12. The molecule has 1 N–H and O–H groups in total.